The van der Waals surface area contributed by atoms with Crippen LogP contribution in [0.4, 0.5) is 0 Å². The summed E-state index contributed by atoms with van der Waals surface area (Å²) in [5.74, 6) is -1.08. The second-order valence-electron chi connectivity index (χ2n) is 6.01. The van der Waals surface area contributed by atoms with Crippen LogP contribution in [0.25, 0.3) is 0 Å². The van der Waals surface area contributed by atoms with E-state index < -0.39 is 5.97 Å². The van der Waals surface area contributed by atoms with Crippen LogP contribution in [0.2, 0.25) is 0 Å². The number of hydrogen-bond acceptors (Lipinski definition) is 2. The molecule has 0 aromatic carbocycles. The van der Waals surface area contributed by atoms with Crippen molar-refractivity contribution in [2.75, 3.05) is 6.54 Å². The molecule has 2 aliphatic rings. The van der Waals surface area contributed by atoms with Gasteiger partial charge >= 0.3 is 5.97 Å². The van der Waals surface area contributed by atoms with Gasteiger partial charge in [-0.05, 0) is 43.9 Å². The van der Waals surface area contributed by atoms with Crippen LogP contribution in [0.3, 0.4) is 0 Å². The van der Waals surface area contributed by atoms with Crippen molar-refractivity contribution in [3.05, 3.63) is 0 Å². The molecule has 4 nitrogen and oxygen atoms in total. The fourth-order valence-electron chi connectivity index (χ4n) is 3.09. The van der Waals surface area contributed by atoms with Gasteiger partial charge < -0.3 is 10.4 Å². The van der Waals surface area contributed by atoms with E-state index in [-0.39, 0.29) is 17.7 Å². The van der Waals surface area contributed by atoms with Crippen LogP contribution < -0.4 is 5.32 Å². The Morgan fingerprint density at radius 2 is 1.94 bits per heavy atom. The molecular formula is C14H23NO3. The van der Waals surface area contributed by atoms with E-state index in [4.69, 9.17) is 5.11 Å². The standard InChI is InChI=1S/C14H23NO3/c1-2-5-14(6-7-14)9-15-12(16)10-3-4-11(8-10)13(17)18/h10-11H,2-9H2,1H3,(H,15,16)(H,17,18)/t10-,11+/m1/s1. The van der Waals surface area contributed by atoms with Crippen molar-refractivity contribution >= 4 is 11.9 Å². The van der Waals surface area contributed by atoms with E-state index in [1.165, 1.54) is 25.7 Å². The molecule has 0 saturated heterocycles. The van der Waals surface area contributed by atoms with Crippen molar-refractivity contribution in [2.24, 2.45) is 17.3 Å². The van der Waals surface area contributed by atoms with Crippen LogP contribution in [0.15, 0.2) is 0 Å². The lowest BCUT2D eigenvalue weighted by Gasteiger charge is -2.17. The minimum Gasteiger partial charge on any atom is -0.481 e. The first-order valence-corrected chi connectivity index (χ1v) is 7.07. The SMILES string of the molecule is CCCC1(CNC(=O)[C@@H]2CC[C@H](C(=O)O)C2)CC1. The predicted molar refractivity (Wildman–Crippen MR) is 68.1 cm³/mol. The number of carbonyl (C=O) groups is 2. The van der Waals surface area contributed by atoms with Gasteiger partial charge in [-0.25, -0.2) is 0 Å². The first-order chi connectivity index (χ1) is 8.56. The summed E-state index contributed by atoms with van der Waals surface area (Å²) in [5.41, 5.74) is 0.370. The Kier molecular flexibility index (Phi) is 3.93. The molecule has 0 aromatic heterocycles. The molecule has 2 aliphatic carbocycles. The lowest BCUT2D eigenvalue weighted by molar-refractivity contribution is -0.141. The summed E-state index contributed by atoms with van der Waals surface area (Å²) in [7, 11) is 0. The van der Waals surface area contributed by atoms with E-state index in [0.717, 1.165) is 13.0 Å². The van der Waals surface area contributed by atoms with Crippen LogP contribution in [0, 0.1) is 17.3 Å². The summed E-state index contributed by atoms with van der Waals surface area (Å²) in [4.78, 5) is 22.8. The maximum atomic E-state index is 12.0. The van der Waals surface area contributed by atoms with Gasteiger partial charge in [0.15, 0.2) is 0 Å². The number of amides is 1. The van der Waals surface area contributed by atoms with E-state index >= 15 is 0 Å². The third kappa shape index (κ3) is 3.03. The van der Waals surface area contributed by atoms with E-state index in [1.807, 2.05) is 0 Å². The second kappa shape index (κ2) is 5.29. The number of hydrogen-bond donors (Lipinski definition) is 2. The van der Waals surface area contributed by atoms with Crippen LogP contribution in [0.1, 0.15) is 51.9 Å². The van der Waals surface area contributed by atoms with Gasteiger partial charge in [0.2, 0.25) is 5.91 Å². The number of rotatable bonds is 6. The Labute approximate surface area is 108 Å². The summed E-state index contributed by atoms with van der Waals surface area (Å²) < 4.78 is 0. The molecule has 102 valence electrons. The Morgan fingerprint density at radius 3 is 2.44 bits per heavy atom. The van der Waals surface area contributed by atoms with Crippen LogP contribution >= 0.6 is 0 Å². The highest BCUT2D eigenvalue weighted by molar-refractivity contribution is 5.80. The fraction of sp³-hybridized carbons (Fsp3) is 0.857. The molecule has 0 radical (unpaired) electrons. The average molecular weight is 253 g/mol. The summed E-state index contributed by atoms with van der Waals surface area (Å²) in [6.45, 7) is 2.96. The van der Waals surface area contributed by atoms with E-state index in [9.17, 15) is 9.59 Å². The molecule has 0 heterocycles. The third-order valence-corrected chi connectivity index (χ3v) is 4.53. The molecule has 2 N–H and O–H groups in total. The predicted octanol–water partition coefficient (Wildman–Crippen LogP) is 2.18. The zero-order valence-corrected chi connectivity index (χ0v) is 11.1. The first-order valence-electron chi connectivity index (χ1n) is 7.07. The molecule has 0 aromatic rings. The highest BCUT2D eigenvalue weighted by Crippen LogP contribution is 2.49. The van der Waals surface area contributed by atoms with E-state index in [1.54, 1.807) is 0 Å². The number of carboxylic acid groups (broad SMARTS) is 1. The number of nitrogens with one attached hydrogen (secondary N) is 1. The van der Waals surface area contributed by atoms with Gasteiger partial charge in [-0.15, -0.1) is 0 Å². The minimum atomic E-state index is -0.755. The lowest BCUT2D eigenvalue weighted by Crippen LogP contribution is -2.34. The van der Waals surface area contributed by atoms with Gasteiger partial charge in [0, 0.05) is 12.5 Å². The summed E-state index contributed by atoms with van der Waals surface area (Å²) in [6, 6.07) is 0. The molecule has 2 atom stereocenters. The zero-order valence-electron chi connectivity index (χ0n) is 11.1. The maximum Gasteiger partial charge on any atom is 0.306 e. The maximum absolute atomic E-state index is 12.0. The molecule has 0 spiro atoms. The average Bonchev–Trinajstić information content (AvgIpc) is 2.92. The van der Waals surface area contributed by atoms with Gasteiger partial charge in [0.05, 0.1) is 5.92 Å². The molecule has 0 aliphatic heterocycles. The van der Waals surface area contributed by atoms with E-state index in [0.29, 0.717) is 18.3 Å². The highest BCUT2D eigenvalue weighted by Gasteiger charge is 2.42. The smallest absolute Gasteiger partial charge is 0.306 e. The first kappa shape index (κ1) is 13.4. The molecule has 18 heavy (non-hydrogen) atoms. The highest BCUT2D eigenvalue weighted by atomic mass is 16.4. The number of carbonyl (C=O) groups excluding carboxylic acids is 1. The molecule has 2 rings (SSSR count). The quantitative estimate of drug-likeness (QED) is 0.762. The van der Waals surface area contributed by atoms with Gasteiger partial charge in [0.25, 0.3) is 0 Å². The molecular weight excluding hydrogens is 230 g/mol. The van der Waals surface area contributed by atoms with Crippen molar-refractivity contribution in [3.8, 4) is 0 Å². The third-order valence-electron chi connectivity index (χ3n) is 4.53. The second-order valence-corrected chi connectivity index (χ2v) is 6.01. The minimum absolute atomic E-state index is 0.0705. The van der Waals surface area contributed by atoms with Crippen molar-refractivity contribution in [3.63, 3.8) is 0 Å². The van der Waals surface area contributed by atoms with Gasteiger partial charge in [-0.2, -0.15) is 0 Å². The Hall–Kier alpha value is -1.06. The Bertz CT molecular complexity index is 336. The normalized spacial score (nSPS) is 28.9. The fourth-order valence-corrected chi connectivity index (χ4v) is 3.09. The molecule has 2 saturated carbocycles. The summed E-state index contributed by atoms with van der Waals surface area (Å²) >= 11 is 0. The van der Waals surface area contributed by atoms with Crippen molar-refractivity contribution < 1.29 is 14.7 Å². The molecule has 1 amide bonds. The van der Waals surface area contributed by atoms with Crippen LogP contribution in [-0.2, 0) is 9.59 Å². The van der Waals surface area contributed by atoms with Gasteiger partial charge in [0.1, 0.15) is 0 Å². The van der Waals surface area contributed by atoms with Gasteiger partial charge in [-0.3, -0.25) is 9.59 Å². The number of aliphatic carboxylic acids is 1. The summed E-state index contributed by atoms with van der Waals surface area (Å²) in [5, 5.41) is 12.0. The van der Waals surface area contributed by atoms with Gasteiger partial charge in [-0.1, -0.05) is 13.3 Å². The van der Waals surface area contributed by atoms with Crippen molar-refractivity contribution in [1.82, 2.24) is 5.32 Å². The zero-order chi connectivity index (χ0) is 13.2. The monoisotopic (exact) mass is 253 g/mol. The largest absolute Gasteiger partial charge is 0.481 e. The van der Waals surface area contributed by atoms with Crippen molar-refractivity contribution in [2.45, 2.75) is 51.9 Å². The van der Waals surface area contributed by atoms with Crippen LogP contribution in [0.5, 0.6) is 0 Å². The Balaban J connectivity index is 1.74. The topological polar surface area (TPSA) is 66.4 Å². The van der Waals surface area contributed by atoms with E-state index in [2.05, 4.69) is 12.2 Å². The van der Waals surface area contributed by atoms with Crippen molar-refractivity contribution in [1.29, 1.82) is 0 Å². The molecule has 0 bridgehead atoms. The molecule has 4 heteroatoms. The molecule has 2 fully saturated rings. The Morgan fingerprint density at radius 1 is 1.28 bits per heavy atom. The number of carboxylic acids is 1. The lowest BCUT2D eigenvalue weighted by atomic mass is 9.99. The molecule has 0 unspecified atom stereocenters. The summed E-state index contributed by atoms with van der Waals surface area (Å²) in [6.07, 6.45) is 6.70. The van der Waals surface area contributed by atoms with Crippen LogP contribution in [-0.4, -0.2) is 23.5 Å².